The predicted molar refractivity (Wildman–Crippen MR) is 145 cm³/mol. The van der Waals surface area contributed by atoms with E-state index in [-0.39, 0.29) is 11.9 Å². The number of aliphatic hydroxyl groups excluding tert-OH is 1. The molecule has 208 valence electrons. The Hall–Kier alpha value is -2.61. The van der Waals surface area contributed by atoms with Crippen molar-refractivity contribution in [1.82, 2.24) is 15.5 Å². The van der Waals surface area contributed by atoms with Crippen LogP contribution in [0.25, 0.3) is 0 Å². The molecule has 1 fully saturated rings. The molecule has 1 aromatic rings. The summed E-state index contributed by atoms with van der Waals surface area (Å²) >= 11 is 0. The van der Waals surface area contributed by atoms with Crippen LogP contribution in [0.3, 0.4) is 0 Å². The highest BCUT2D eigenvalue weighted by molar-refractivity contribution is 5.93. The summed E-state index contributed by atoms with van der Waals surface area (Å²) in [6.07, 6.45) is 4.87. The Balaban J connectivity index is 2.53. The molecule has 0 saturated heterocycles. The van der Waals surface area contributed by atoms with E-state index < -0.39 is 41.8 Å². The highest BCUT2D eigenvalue weighted by Crippen LogP contribution is 2.33. The van der Waals surface area contributed by atoms with Crippen LogP contribution < -0.4 is 10.6 Å². The van der Waals surface area contributed by atoms with Crippen LogP contribution >= 0.6 is 0 Å². The van der Waals surface area contributed by atoms with Crippen LogP contribution in [0, 0.1) is 13.8 Å². The zero-order valence-electron chi connectivity index (χ0n) is 23.9. The number of hydrogen-bond acceptors (Lipinski definition) is 5. The average molecular weight is 518 g/mol. The topological polar surface area (TPSA) is 108 Å². The number of carbonyl (C=O) groups is 3. The molecule has 0 spiro atoms. The van der Waals surface area contributed by atoms with Gasteiger partial charge in [0, 0.05) is 11.6 Å². The van der Waals surface area contributed by atoms with Gasteiger partial charge < -0.3 is 25.4 Å². The number of benzene rings is 1. The molecule has 3 N–H and O–H groups in total. The predicted octanol–water partition coefficient (Wildman–Crippen LogP) is 4.70. The number of alkyl carbamates (subject to hydrolysis) is 1. The third kappa shape index (κ3) is 8.45. The van der Waals surface area contributed by atoms with Crippen LogP contribution in [-0.4, -0.2) is 57.7 Å². The molecule has 0 bridgehead atoms. The maximum absolute atomic E-state index is 14.1. The smallest absolute Gasteiger partial charge is 0.408 e. The molecule has 1 aromatic carbocycles. The quantitative estimate of drug-likeness (QED) is 0.440. The van der Waals surface area contributed by atoms with Crippen molar-refractivity contribution < 1.29 is 24.2 Å². The fraction of sp³-hybridized carbons (Fsp3) is 0.690. The van der Waals surface area contributed by atoms with Crippen LogP contribution in [-0.2, 0) is 14.3 Å². The molecule has 0 aliphatic heterocycles. The second-order valence-corrected chi connectivity index (χ2v) is 11.8. The molecule has 0 aromatic heterocycles. The zero-order chi connectivity index (χ0) is 28.0. The second kappa shape index (κ2) is 12.8. The first-order valence-electron chi connectivity index (χ1n) is 13.5. The second-order valence-electron chi connectivity index (χ2n) is 11.8. The van der Waals surface area contributed by atoms with E-state index in [0.717, 1.165) is 43.2 Å². The largest absolute Gasteiger partial charge is 0.444 e. The lowest BCUT2D eigenvalue weighted by atomic mass is 9.90. The molecule has 2 atom stereocenters. The Labute approximate surface area is 222 Å². The number of ether oxygens (including phenoxy) is 1. The number of nitrogens with zero attached hydrogens (tertiary/aromatic N) is 1. The maximum Gasteiger partial charge on any atom is 0.408 e. The van der Waals surface area contributed by atoms with Gasteiger partial charge in [0.25, 0.3) is 0 Å². The first kappa shape index (κ1) is 30.6. The van der Waals surface area contributed by atoms with Gasteiger partial charge in [-0.3, -0.25) is 9.59 Å². The fourth-order valence-corrected chi connectivity index (χ4v) is 4.63. The summed E-state index contributed by atoms with van der Waals surface area (Å²) in [4.78, 5) is 42.1. The standard InChI is InChI=1S/C29H47N3O5/c1-9-29(7,8)32(26(35)23(18-33)31-27(36)37-28(4,5)6)24(21-16-15-19(2)20(3)17-21)25(34)30-22-13-11-10-12-14-22/h15-17,22-24,33H,9-14,18H2,1-8H3,(H,30,34)(H,31,36). The molecule has 1 aliphatic rings. The lowest BCUT2D eigenvalue weighted by Gasteiger charge is -2.45. The van der Waals surface area contributed by atoms with Gasteiger partial charge in [-0.25, -0.2) is 4.79 Å². The monoisotopic (exact) mass is 517 g/mol. The van der Waals surface area contributed by atoms with Crippen molar-refractivity contribution >= 4 is 17.9 Å². The number of nitrogens with one attached hydrogen (secondary N) is 2. The molecular weight excluding hydrogens is 470 g/mol. The molecule has 0 radical (unpaired) electrons. The van der Waals surface area contributed by atoms with Gasteiger partial charge in [-0.15, -0.1) is 0 Å². The van der Waals surface area contributed by atoms with Gasteiger partial charge in [0.05, 0.1) is 6.61 Å². The first-order valence-corrected chi connectivity index (χ1v) is 13.5. The number of rotatable bonds is 9. The van der Waals surface area contributed by atoms with Gasteiger partial charge in [-0.05, 0) is 84.4 Å². The number of aryl methyl sites for hydroxylation is 2. The minimum Gasteiger partial charge on any atom is -0.444 e. The van der Waals surface area contributed by atoms with Crippen molar-refractivity contribution in [2.24, 2.45) is 0 Å². The molecule has 8 nitrogen and oxygen atoms in total. The molecular formula is C29H47N3O5. The molecule has 1 saturated carbocycles. The molecule has 3 amide bonds. The van der Waals surface area contributed by atoms with Gasteiger partial charge in [0.1, 0.15) is 17.7 Å². The SMILES string of the molecule is CCC(C)(C)N(C(=O)C(CO)NC(=O)OC(C)(C)C)C(C(=O)NC1CCCCC1)c1ccc(C)c(C)c1. The van der Waals surface area contributed by atoms with E-state index in [0.29, 0.717) is 12.0 Å². The highest BCUT2D eigenvalue weighted by Gasteiger charge is 2.43. The van der Waals surface area contributed by atoms with Crippen LogP contribution in [0.1, 0.15) is 103 Å². The van der Waals surface area contributed by atoms with Crippen LogP contribution in [0.2, 0.25) is 0 Å². The summed E-state index contributed by atoms with van der Waals surface area (Å²) in [5, 5.41) is 15.9. The van der Waals surface area contributed by atoms with Crippen molar-refractivity contribution in [2.45, 2.75) is 123 Å². The molecule has 0 heterocycles. The normalized spacial score (nSPS) is 16.5. The molecule has 2 unspecified atom stereocenters. The van der Waals surface area contributed by atoms with E-state index in [9.17, 15) is 19.5 Å². The number of carbonyl (C=O) groups excluding carboxylic acids is 3. The minimum absolute atomic E-state index is 0.0607. The maximum atomic E-state index is 14.1. The molecule has 8 heteroatoms. The minimum atomic E-state index is -1.27. The number of amides is 3. The first-order chi connectivity index (χ1) is 17.2. The summed E-state index contributed by atoms with van der Waals surface area (Å²) in [7, 11) is 0. The third-order valence-corrected chi connectivity index (χ3v) is 7.23. The zero-order valence-corrected chi connectivity index (χ0v) is 23.9. The lowest BCUT2D eigenvalue weighted by Crippen LogP contribution is -2.60. The third-order valence-electron chi connectivity index (χ3n) is 7.23. The summed E-state index contributed by atoms with van der Waals surface area (Å²) in [5.41, 5.74) is 1.27. The summed E-state index contributed by atoms with van der Waals surface area (Å²) in [6, 6.07) is 3.65. The Morgan fingerprint density at radius 1 is 1.05 bits per heavy atom. The average Bonchev–Trinajstić information content (AvgIpc) is 2.81. The molecule has 1 aliphatic carbocycles. The highest BCUT2D eigenvalue weighted by atomic mass is 16.6. The fourth-order valence-electron chi connectivity index (χ4n) is 4.63. The van der Waals surface area contributed by atoms with Gasteiger partial charge in [0.15, 0.2) is 0 Å². The van der Waals surface area contributed by atoms with E-state index in [4.69, 9.17) is 4.74 Å². The Kier molecular flexibility index (Phi) is 10.6. The van der Waals surface area contributed by atoms with E-state index in [1.165, 1.54) is 4.90 Å². The summed E-state index contributed by atoms with van der Waals surface area (Å²) in [6.45, 7) is 14.3. The number of hydrogen-bond donors (Lipinski definition) is 3. The molecule has 2 rings (SSSR count). The molecule has 37 heavy (non-hydrogen) atoms. The Morgan fingerprint density at radius 2 is 1.68 bits per heavy atom. The van der Waals surface area contributed by atoms with E-state index >= 15 is 0 Å². The van der Waals surface area contributed by atoms with E-state index in [2.05, 4.69) is 10.6 Å². The Bertz CT molecular complexity index is 947. The van der Waals surface area contributed by atoms with E-state index in [1.54, 1.807) is 20.8 Å². The summed E-state index contributed by atoms with van der Waals surface area (Å²) < 4.78 is 5.32. The lowest BCUT2D eigenvalue weighted by molar-refractivity contribution is -0.150. The van der Waals surface area contributed by atoms with Gasteiger partial charge in [-0.1, -0.05) is 44.4 Å². The van der Waals surface area contributed by atoms with Gasteiger partial charge in [0.2, 0.25) is 11.8 Å². The van der Waals surface area contributed by atoms with E-state index in [1.807, 2.05) is 52.8 Å². The van der Waals surface area contributed by atoms with Gasteiger partial charge in [-0.2, -0.15) is 0 Å². The van der Waals surface area contributed by atoms with Crippen molar-refractivity contribution in [3.05, 3.63) is 34.9 Å². The van der Waals surface area contributed by atoms with Crippen LogP contribution in [0.15, 0.2) is 18.2 Å². The van der Waals surface area contributed by atoms with Crippen molar-refractivity contribution in [1.29, 1.82) is 0 Å². The summed E-state index contributed by atoms with van der Waals surface area (Å²) in [5.74, 6) is -0.791. The van der Waals surface area contributed by atoms with Crippen molar-refractivity contribution in [3.63, 3.8) is 0 Å². The van der Waals surface area contributed by atoms with Crippen molar-refractivity contribution in [2.75, 3.05) is 6.61 Å². The van der Waals surface area contributed by atoms with Gasteiger partial charge >= 0.3 is 6.09 Å². The Morgan fingerprint density at radius 3 is 2.19 bits per heavy atom. The van der Waals surface area contributed by atoms with Crippen molar-refractivity contribution in [3.8, 4) is 0 Å². The number of aliphatic hydroxyl groups is 1. The van der Waals surface area contributed by atoms with Crippen LogP contribution in [0.4, 0.5) is 4.79 Å². The van der Waals surface area contributed by atoms with Crippen LogP contribution in [0.5, 0.6) is 0 Å².